The van der Waals surface area contributed by atoms with Crippen LogP contribution in [-0.4, -0.2) is 12.3 Å². The maximum atomic E-state index is 7.44. The molecular formula is C78H76BN3OS. The maximum Gasteiger partial charge on any atom is 0.257 e. The van der Waals surface area contributed by atoms with Gasteiger partial charge in [-0.05, 0) is 171 Å². The highest BCUT2D eigenvalue weighted by Gasteiger charge is 2.59. The van der Waals surface area contributed by atoms with E-state index in [9.17, 15) is 0 Å². The molecule has 2 unspecified atom stereocenters. The Morgan fingerprint density at radius 2 is 1.08 bits per heavy atom. The third-order valence-electron chi connectivity index (χ3n) is 21.6. The molecule has 16 rings (SSSR count). The van der Waals surface area contributed by atoms with Crippen molar-refractivity contribution < 1.29 is 4.42 Å². The zero-order valence-electron chi connectivity index (χ0n) is 51.1. The first-order valence-corrected chi connectivity index (χ1v) is 31.9. The molecule has 0 spiro atoms. The highest BCUT2D eigenvalue weighted by molar-refractivity contribution is 7.26. The van der Waals surface area contributed by atoms with Crippen molar-refractivity contribution in [1.29, 1.82) is 0 Å². The monoisotopic (exact) mass is 1110 g/mol. The molecule has 0 bridgehead atoms. The summed E-state index contributed by atoms with van der Waals surface area (Å²) in [5, 5.41) is 4.92. The van der Waals surface area contributed by atoms with E-state index in [1.165, 1.54) is 122 Å². The summed E-state index contributed by atoms with van der Waals surface area (Å²) in [6.45, 7) is 29.2. The number of anilines is 8. The Kier molecular flexibility index (Phi) is 10.9. The molecule has 2 atom stereocenters. The zero-order chi connectivity index (χ0) is 57.8. The molecule has 5 aliphatic rings. The summed E-state index contributed by atoms with van der Waals surface area (Å²) in [6.07, 6.45) is 6.93. The lowest BCUT2D eigenvalue weighted by molar-refractivity contribution is 0.195. The topological polar surface area (TPSA) is 22.9 Å². The van der Waals surface area contributed by atoms with Gasteiger partial charge in [-0.1, -0.05) is 192 Å². The van der Waals surface area contributed by atoms with Gasteiger partial charge in [-0.2, -0.15) is 0 Å². The van der Waals surface area contributed by atoms with Gasteiger partial charge in [0.15, 0.2) is 0 Å². The van der Waals surface area contributed by atoms with Crippen LogP contribution in [0.2, 0.25) is 0 Å². The molecule has 4 nitrogen and oxygen atoms in total. The average Bonchev–Trinajstić information content (AvgIpc) is 1.19. The molecule has 2 aromatic heterocycles. The van der Waals surface area contributed by atoms with Gasteiger partial charge in [-0.15, -0.1) is 11.3 Å². The Balaban J connectivity index is 1.10. The number of hydrogen-bond donors (Lipinski definition) is 0. The van der Waals surface area contributed by atoms with Gasteiger partial charge in [0.25, 0.3) is 6.71 Å². The molecule has 0 amide bonds. The molecule has 2 aliphatic carbocycles. The molecule has 11 aromatic rings. The smallest absolute Gasteiger partial charge is 0.257 e. The molecule has 0 radical (unpaired) electrons. The molecule has 418 valence electrons. The predicted molar refractivity (Wildman–Crippen MR) is 362 cm³/mol. The maximum absolute atomic E-state index is 7.44. The Bertz CT molecular complexity index is 4600. The number of rotatable bonds is 4. The number of benzene rings is 9. The number of furan rings is 1. The summed E-state index contributed by atoms with van der Waals surface area (Å²) in [5.41, 5.74) is 24.8. The summed E-state index contributed by atoms with van der Waals surface area (Å²) >= 11 is 1.94. The van der Waals surface area contributed by atoms with Crippen LogP contribution in [0.5, 0.6) is 0 Å². The van der Waals surface area contributed by atoms with Crippen LogP contribution in [0.3, 0.4) is 0 Å². The van der Waals surface area contributed by atoms with Gasteiger partial charge in [-0.25, -0.2) is 0 Å². The first-order valence-electron chi connectivity index (χ1n) is 31.1. The highest BCUT2D eigenvalue weighted by Crippen LogP contribution is 2.63. The van der Waals surface area contributed by atoms with Crippen molar-refractivity contribution in [3.63, 3.8) is 0 Å². The van der Waals surface area contributed by atoms with Crippen LogP contribution in [-0.2, 0) is 27.1 Å². The highest BCUT2D eigenvalue weighted by atomic mass is 32.1. The Morgan fingerprint density at radius 1 is 0.464 bits per heavy atom. The Morgan fingerprint density at radius 3 is 1.82 bits per heavy atom. The summed E-state index contributed by atoms with van der Waals surface area (Å²) in [7, 11) is 0. The number of hydrogen-bond acceptors (Lipinski definition) is 5. The summed E-state index contributed by atoms with van der Waals surface area (Å²) < 4.78 is 10.1. The van der Waals surface area contributed by atoms with Gasteiger partial charge < -0.3 is 19.1 Å². The summed E-state index contributed by atoms with van der Waals surface area (Å²) in [6, 6.07) is 66.4. The van der Waals surface area contributed by atoms with E-state index in [0.29, 0.717) is 0 Å². The minimum absolute atomic E-state index is 0.0114. The minimum atomic E-state index is -0.205. The first kappa shape index (κ1) is 52.1. The normalized spacial score (nSPS) is 20.3. The molecule has 1 fully saturated rings. The fourth-order valence-corrected chi connectivity index (χ4v) is 17.7. The van der Waals surface area contributed by atoms with Crippen LogP contribution in [0.15, 0.2) is 174 Å². The van der Waals surface area contributed by atoms with E-state index in [2.05, 4.69) is 268 Å². The van der Waals surface area contributed by atoms with Crippen LogP contribution in [0, 0.1) is 0 Å². The van der Waals surface area contributed by atoms with Gasteiger partial charge in [0.2, 0.25) is 0 Å². The lowest BCUT2D eigenvalue weighted by Gasteiger charge is -2.51. The molecule has 3 aliphatic heterocycles. The summed E-state index contributed by atoms with van der Waals surface area (Å²) in [4.78, 5) is 8.30. The fraction of sp³-hybridized carbons (Fsp3) is 0.308. The van der Waals surface area contributed by atoms with Crippen molar-refractivity contribution in [2.75, 3.05) is 14.7 Å². The second-order valence-electron chi connectivity index (χ2n) is 29.4. The van der Waals surface area contributed by atoms with Crippen molar-refractivity contribution in [3.8, 4) is 11.1 Å². The summed E-state index contributed by atoms with van der Waals surface area (Å²) in [5.74, 6) is 0. The number of thiophene rings is 1. The van der Waals surface area contributed by atoms with Crippen molar-refractivity contribution in [2.24, 2.45) is 0 Å². The number of para-hydroxylation sites is 1. The lowest BCUT2D eigenvalue weighted by Crippen LogP contribution is -2.62. The third-order valence-corrected chi connectivity index (χ3v) is 22.8. The van der Waals surface area contributed by atoms with Crippen molar-refractivity contribution in [1.82, 2.24) is 0 Å². The standard InChI is InChI=1S/C78H76BN3OS/c1-73(2,3)48-31-34-60(55(41-48)47-23-14-13-15-24-47)80-62-36-33-53-51-25-16-18-29-67(51)83-71(53)70(62)79-59-45-56-57(76(9,10)40-39-75(56,7)8)46-64(59)81(63-28-22-27-54-52-26-17-19-30-68(52)84-72(54)63)66-44-50(43-65(80)69(66)79)82-61-35-32-49(74(4,5)6)42-58(61)77(11)37-20-21-38-78(77,82)12/h13-19,22-36,41-46H,20-21,37-40H2,1-12H3. The molecule has 0 N–H and O–H groups in total. The molecule has 6 heteroatoms. The number of fused-ring (bicyclic) bond motifs is 15. The average molecular weight is 1110 g/mol. The van der Waals surface area contributed by atoms with Crippen molar-refractivity contribution in [3.05, 3.63) is 198 Å². The van der Waals surface area contributed by atoms with Gasteiger partial charge in [0.1, 0.15) is 11.2 Å². The largest absolute Gasteiger partial charge is 0.457 e. The van der Waals surface area contributed by atoms with E-state index < -0.39 is 0 Å². The molecule has 1 saturated carbocycles. The van der Waals surface area contributed by atoms with E-state index in [1.807, 2.05) is 11.3 Å². The van der Waals surface area contributed by atoms with Gasteiger partial charge in [0.05, 0.1) is 21.6 Å². The van der Waals surface area contributed by atoms with E-state index >= 15 is 0 Å². The molecule has 5 heterocycles. The van der Waals surface area contributed by atoms with Crippen LogP contribution >= 0.6 is 11.3 Å². The zero-order valence-corrected chi connectivity index (χ0v) is 52.0. The van der Waals surface area contributed by atoms with E-state index in [-0.39, 0.29) is 39.3 Å². The van der Waals surface area contributed by atoms with Crippen LogP contribution in [0.4, 0.5) is 45.5 Å². The van der Waals surface area contributed by atoms with Gasteiger partial charge >= 0.3 is 0 Å². The third kappa shape index (κ3) is 7.19. The molecule has 84 heavy (non-hydrogen) atoms. The molecule has 0 saturated heterocycles. The second kappa shape index (κ2) is 17.5. The number of nitrogens with zero attached hydrogens (tertiary/aromatic N) is 3. The van der Waals surface area contributed by atoms with E-state index in [1.54, 1.807) is 0 Å². The van der Waals surface area contributed by atoms with Crippen molar-refractivity contribution in [2.45, 2.75) is 154 Å². The Labute approximate surface area is 501 Å². The molecular weight excluding hydrogens is 1040 g/mol. The fourth-order valence-electron chi connectivity index (χ4n) is 16.5. The lowest BCUT2D eigenvalue weighted by atomic mass is 9.33. The van der Waals surface area contributed by atoms with E-state index in [4.69, 9.17) is 4.42 Å². The van der Waals surface area contributed by atoms with Crippen LogP contribution in [0.25, 0.3) is 53.2 Å². The first-order chi connectivity index (χ1) is 40.1. The predicted octanol–water partition coefficient (Wildman–Crippen LogP) is 20.4. The van der Waals surface area contributed by atoms with E-state index in [0.717, 1.165) is 59.0 Å². The van der Waals surface area contributed by atoms with Gasteiger partial charge in [-0.3, -0.25) is 0 Å². The minimum Gasteiger partial charge on any atom is -0.457 e. The quantitative estimate of drug-likeness (QED) is 0.164. The van der Waals surface area contributed by atoms with Crippen LogP contribution < -0.4 is 31.1 Å². The van der Waals surface area contributed by atoms with Crippen LogP contribution in [0.1, 0.15) is 149 Å². The Hall–Kier alpha value is -7.54. The molecule has 9 aromatic carbocycles. The van der Waals surface area contributed by atoms with Gasteiger partial charge in [0, 0.05) is 71.3 Å². The SMILES string of the molecule is CC(C)(C)c1ccc(N2c3cc(N4c5ccc(C(C)(C)C)cc5C5(C)CCCCC45C)cc4c3B(c3cc5c(cc3N4c3cccc4c3sc3ccccc34)C(C)(C)CCC5(C)C)c3c2ccc2c3oc3ccccc32)c(-c2ccccc2)c1. The van der Waals surface area contributed by atoms with Crippen molar-refractivity contribution >= 4 is 122 Å². The second-order valence-corrected chi connectivity index (χ2v) is 30.5.